The van der Waals surface area contributed by atoms with E-state index in [0.717, 1.165) is 22.8 Å². The zero-order chi connectivity index (χ0) is 13.1. The molecule has 0 bridgehead atoms. The predicted octanol–water partition coefficient (Wildman–Crippen LogP) is 3.33. The van der Waals surface area contributed by atoms with Crippen molar-refractivity contribution in [2.45, 2.75) is 33.4 Å². The Hall–Kier alpha value is -1.32. The van der Waals surface area contributed by atoms with E-state index >= 15 is 0 Å². The van der Waals surface area contributed by atoms with Crippen molar-refractivity contribution in [1.29, 1.82) is 0 Å². The van der Waals surface area contributed by atoms with Crippen molar-refractivity contribution in [2.24, 2.45) is 0 Å². The summed E-state index contributed by atoms with van der Waals surface area (Å²) in [4.78, 5) is 0. The monoisotopic (exact) mass is 263 g/mol. The van der Waals surface area contributed by atoms with Crippen LogP contribution >= 0.6 is 11.6 Å². The van der Waals surface area contributed by atoms with Crippen LogP contribution in [0.5, 0.6) is 0 Å². The number of benzene rings is 1. The summed E-state index contributed by atoms with van der Waals surface area (Å²) in [6, 6.07) is 6.30. The summed E-state index contributed by atoms with van der Waals surface area (Å²) < 4.78 is 1.89. The van der Waals surface area contributed by atoms with Gasteiger partial charge < -0.3 is 5.32 Å². The van der Waals surface area contributed by atoms with Gasteiger partial charge >= 0.3 is 0 Å². The normalized spacial score (nSPS) is 11.2. The van der Waals surface area contributed by atoms with E-state index in [1.807, 2.05) is 42.2 Å². The van der Waals surface area contributed by atoms with Crippen LogP contribution in [-0.2, 0) is 6.54 Å². The first-order valence-corrected chi connectivity index (χ1v) is 6.47. The first kappa shape index (κ1) is 13.1. The lowest BCUT2D eigenvalue weighted by Gasteiger charge is -2.06. The van der Waals surface area contributed by atoms with Crippen LogP contribution < -0.4 is 5.32 Å². The Morgan fingerprint density at radius 3 is 2.83 bits per heavy atom. The molecule has 0 fully saturated rings. The van der Waals surface area contributed by atoms with Crippen molar-refractivity contribution >= 4 is 11.6 Å². The van der Waals surface area contributed by atoms with Crippen LogP contribution in [0.4, 0.5) is 0 Å². The molecule has 0 aliphatic carbocycles. The molecule has 0 saturated heterocycles. The number of aromatic nitrogens is 2. The molecule has 0 aliphatic heterocycles. The van der Waals surface area contributed by atoms with Gasteiger partial charge in [0.05, 0.1) is 11.9 Å². The van der Waals surface area contributed by atoms with Crippen molar-refractivity contribution in [3.63, 3.8) is 0 Å². The Kier molecular flexibility index (Phi) is 4.04. The molecule has 2 rings (SSSR count). The average Bonchev–Trinajstić information content (AvgIpc) is 2.75. The lowest BCUT2D eigenvalue weighted by atomic mass is 10.2. The molecule has 0 amide bonds. The van der Waals surface area contributed by atoms with Crippen LogP contribution in [0.25, 0.3) is 5.69 Å². The molecule has 1 N–H and O–H groups in total. The van der Waals surface area contributed by atoms with Crippen molar-refractivity contribution in [3.8, 4) is 5.69 Å². The Morgan fingerprint density at radius 1 is 1.39 bits per heavy atom. The van der Waals surface area contributed by atoms with Gasteiger partial charge in [-0.15, -0.1) is 0 Å². The van der Waals surface area contributed by atoms with Crippen molar-refractivity contribution in [2.75, 3.05) is 0 Å². The highest BCUT2D eigenvalue weighted by Crippen LogP contribution is 2.18. The number of aryl methyl sites for hydroxylation is 1. The van der Waals surface area contributed by atoms with Gasteiger partial charge in [-0.05, 0) is 30.7 Å². The molecular weight excluding hydrogens is 246 g/mol. The van der Waals surface area contributed by atoms with Gasteiger partial charge in [0.15, 0.2) is 0 Å². The molecule has 18 heavy (non-hydrogen) atoms. The zero-order valence-electron chi connectivity index (χ0n) is 10.9. The topological polar surface area (TPSA) is 29.9 Å². The minimum atomic E-state index is 0.477. The fourth-order valence-electron chi connectivity index (χ4n) is 1.78. The summed E-state index contributed by atoms with van der Waals surface area (Å²) in [6.45, 7) is 7.14. The van der Waals surface area contributed by atoms with Crippen molar-refractivity contribution < 1.29 is 0 Å². The van der Waals surface area contributed by atoms with Gasteiger partial charge in [0, 0.05) is 29.4 Å². The number of hydrogen-bond acceptors (Lipinski definition) is 2. The summed E-state index contributed by atoms with van der Waals surface area (Å²) in [5.74, 6) is 0. The molecule has 3 nitrogen and oxygen atoms in total. The third-order valence-electron chi connectivity index (χ3n) is 2.76. The molecule has 1 heterocycles. The standard InChI is InChI=1S/C14H18ClN3/c1-10(2)16-7-12-8-17-18(9-12)14-5-4-13(15)6-11(14)3/h4-6,8-10,16H,7H2,1-3H3. The molecule has 0 aliphatic rings. The number of halogens is 1. The number of nitrogens with zero attached hydrogens (tertiary/aromatic N) is 2. The summed E-state index contributed by atoms with van der Waals surface area (Å²) >= 11 is 5.95. The third-order valence-corrected chi connectivity index (χ3v) is 2.99. The Balaban J connectivity index is 2.18. The van der Waals surface area contributed by atoms with E-state index in [9.17, 15) is 0 Å². The molecule has 4 heteroatoms. The summed E-state index contributed by atoms with van der Waals surface area (Å²) in [5, 5.41) is 8.52. The van der Waals surface area contributed by atoms with E-state index in [2.05, 4.69) is 24.3 Å². The Morgan fingerprint density at radius 2 is 2.17 bits per heavy atom. The van der Waals surface area contributed by atoms with Crippen LogP contribution in [0.2, 0.25) is 5.02 Å². The van der Waals surface area contributed by atoms with Gasteiger partial charge in [-0.25, -0.2) is 4.68 Å². The van der Waals surface area contributed by atoms with Crippen LogP contribution in [-0.4, -0.2) is 15.8 Å². The SMILES string of the molecule is Cc1cc(Cl)ccc1-n1cc(CNC(C)C)cn1. The highest BCUT2D eigenvalue weighted by Gasteiger charge is 2.04. The minimum absolute atomic E-state index is 0.477. The van der Waals surface area contributed by atoms with Gasteiger partial charge in [-0.1, -0.05) is 25.4 Å². The quantitative estimate of drug-likeness (QED) is 0.917. The van der Waals surface area contributed by atoms with Crippen LogP contribution in [0.1, 0.15) is 25.0 Å². The Labute approximate surface area is 113 Å². The van der Waals surface area contributed by atoms with E-state index in [4.69, 9.17) is 11.6 Å². The van der Waals surface area contributed by atoms with E-state index in [0.29, 0.717) is 6.04 Å². The zero-order valence-corrected chi connectivity index (χ0v) is 11.7. The third kappa shape index (κ3) is 3.12. The predicted molar refractivity (Wildman–Crippen MR) is 75.3 cm³/mol. The maximum absolute atomic E-state index is 5.95. The largest absolute Gasteiger partial charge is 0.310 e. The van der Waals surface area contributed by atoms with E-state index in [1.165, 1.54) is 5.56 Å². The fraction of sp³-hybridized carbons (Fsp3) is 0.357. The molecule has 0 spiro atoms. The summed E-state index contributed by atoms with van der Waals surface area (Å²) in [6.07, 6.45) is 3.94. The maximum atomic E-state index is 5.95. The highest BCUT2D eigenvalue weighted by atomic mass is 35.5. The molecule has 2 aromatic rings. The first-order chi connectivity index (χ1) is 8.56. The molecule has 1 aromatic heterocycles. The van der Waals surface area contributed by atoms with Crippen molar-refractivity contribution in [3.05, 3.63) is 46.7 Å². The molecule has 0 radical (unpaired) electrons. The number of hydrogen-bond donors (Lipinski definition) is 1. The highest BCUT2D eigenvalue weighted by molar-refractivity contribution is 6.30. The van der Waals surface area contributed by atoms with Gasteiger partial charge in [-0.2, -0.15) is 5.10 Å². The molecule has 0 atom stereocenters. The van der Waals surface area contributed by atoms with Gasteiger partial charge in [0.25, 0.3) is 0 Å². The minimum Gasteiger partial charge on any atom is -0.310 e. The molecule has 1 aromatic carbocycles. The maximum Gasteiger partial charge on any atom is 0.0675 e. The lowest BCUT2D eigenvalue weighted by molar-refractivity contribution is 0.589. The second kappa shape index (κ2) is 5.55. The van der Waals surface area contributed by atoms with E-state index in [-0.39, 0.29) is 0 Å². The number of nitrogens with one attached hydrogen (secondary N) is 1. The summed E-state index contributed by atoms with van der Waals surface area (Å²) in [7, 11) is 0. The van der Waals surface area contributed by atoms with Gasteiger partial charge in [-0.3, -0.25) is 0 Å². The van der Waals surface area contributed by atoms with Gasteiger partial charge in [0.1, 0.15) is 0 Å². The molecule has 96 valence electrons. The molecular formula is C14H18ClN3. The van der Waals surface area contributed by atoms with Crippen LogP contribution in [0, 0.1) is 6.92 Å². The van der Waals surface area contributed by atoms with E-state index < -0.39 is 0 Å². The van der Waals surface area contributed by atoms with Gasteiger partial charge in [0.2, 0.25) is 0 Å². The second-order valence-corrected chi connectivity index (χ2v) is 5.20. The smallest absolute Gasteiger partial charge is 0.0675 e. The van der Waals surface area contributed by atoms with Crippen LogP contribution in [0.3, 0.4) is 0 Å². The first-order valence-electron chi connectivity index (χ1n) is 6.09. The molecule has 0 saturated carbocycles. The second-order valence-electron chi connectivity index (χ2n) is 4.76. The van der Waals surface area contributed by atoms with Crippen molar-refractivity contribution in [1.82, 2.24) is 15.1 Å². The lowest BCUT2D eigenvalue weighted by Crippen LogP contribution is -2.21. The number of rotatable bonds is 4. The fourth-order valence-corrected chi connectivity index (χ4v) is 2.01. The van der Waals surface area contributed by atoms with Crippen LogP contribution in [0.15, 0.2) is 30.6 Å². The molecule has 0 unspecified atom stereocenters. The Bertz CT molecular complexity index is 532. The summed E-state index contributed by atoms with van der Waals surface area (Å²) in [5.41, 5.74) is 3.36. The average molecular weight is 264 g/mol. The van der Waals surface area contributed by atoms with E-state index in [1.54, 1.807) is 0 Å².